The first-order chi connectivity index (χ1) is 8.16. The van der Waals surface area contributed by atoms with Gasteiger partial charge in [0.1, 0.15) is 5.03 Å². The number of benzene rings is 1. The van der Waals surface area contributed by atoms with Gasteiger partial charge in [0.05, 0.1) is 17.6 Å². The van der Waals surface area contributed by atoms with Crippen LogP contribution in [0.1, 0.15) is 31.2 Å². The zero-order chi connectivity index (χ0) is 12.3. The highest BCUT2D eigenvalue weighted by molar-refractivity contribution is 7.99. The maximum absolute atomic E-state index is 4.59. The molecular formula is C14H16N2S. The van der Waals surface area contributed by atoms with E-state index in [0.717, 1.165) is 16.4 Å². The minimum absolute atomic E-state index is 0.428. The standard InChI is InChI=1S/C14H16N2S/c1-10(2)13-9-15-14(11(3)16-13)17-12-7-5-4-6-8-12/h4-10H,1-3H3. The van der Waals surface area contributed by atoms with Gasteiger partial charge in [0.2, 0.25) is 0 Å². The van der Waals surface area contributed by atoms with Gasteiger partial charge in [-0.15, -0.1) is 0 Å². The van der Waals surface area contributed by atoms with Crippen LogP contribution in [0.25, 0.3) is 0 Å². The lowest BCUT2D eigenvalue weighted by Gasteiger charge is -2.08. The number of rotatable bonds is 3. The molecular weight excluding hydrogens is 228 g/mol. The molecule has 88 valence electrons. The fourth-order valence-electron chi connectivity index (χ4n) is 1.47. The number of nitrogens with zero attached hydrogens (tertiary/aromatic N) is 2. The molecule has 0 atom stereocenters. The SMILES string of the molecule is Cc1nc(C(C)C)cnc1Sc1ccccc1. The molecule has 0 fully saturated rings. The highest BCUT2D eigenvalue weighted by Crippen LogP contribution is 2.27. The smallest absolute Gasteiger partial charge is 0.122 e. The quantitative estimate of drug-likeness (QED) is 0.814. The molecule has 0 saturated carbocycles. The van der Waals surface area contributed by atoms with Crippen LogP contribution in [0.2, 0.25) is 0 Å². The second-order valence-electron chi connectivity index (χ2n) is 4.26. The largest absolute Gasteiger partial charge is 0.253 e. The Hall–Kier alpha value is -1.35. The minimum atomic E-state index is 0.428. The molecule has 1 aromatic heterocycles. The molecule has 0 N–H and O–H groups in total. The summed E-state index contributed by atoms with van der Waals surface area (Å²) in [5.41, 5.74) is 2.06. The zero-order valence-electron chi connectivity index (χ0n) is 10.3. The first-order valence-corrected chi connectivity index (χ1v) is 6.55. The van der Waals surface area contributed by atoms with Crippen LogP contribution in [0.4, 0.5) is 0 Å². The Morgan fingerprint density at radius 2 is 1.82 bits per heavy atom. The van der Waals surface area contributed by atoms with Gasteiger partial charge in [-0.05, 0) is 25.0 Å². The van der Waals surface area contributed by atoms with E-state index in [0.29, 0.717) is 5.92 Å². The highest BCUT2D eigenvalue weighted by Gasteiger charge is 2.07. The molecule has 17 heavy (non-hydrogen) atoms. The average Bonchev–Trinajstić information content (AvgIpc) is 2.33. The van der Waals surface area contributed by atoms with Crippen molar-refractivity contribution in [1.82, 2.24) is 9.97 Å². The summed E-state index contributed by atoms with van der Waals surface area (Å²) >= 11 is 1.66. The Morgan fingerprint density at radius 3 is 2.41 bits per heavy atom. The van der Waals surface area contributed by atoms with Crippen LogP contribution in [0.15, 0.2) is 46.5 Å². The van der Waals surface area contributed by atoms with E-state index in [2.05, 4.69) is 35.9 Å². The van der Waals surface area contributed by atoms with E-state index in [1.165, 1.54) is 4.90 Å². The molecule has 0 saturated heterocycles. The molecule has 2 nitrogen and oxygen atoms in total. The van der Waals surface area contributed by atoms with Crippen LogP contribution in [0, 0.1) is 6.92 Å². The molecule has 3 heteroatoms. The van der Waals surface area contributed by atoms with Crippen molar-refractivity contribution in [1.29, 1.82) is 0 Å². The molecule has 0 aliphatic rings. The van der Waals surface area contributed by atoms with Crippen LogP contribution in [-0.2, 0) is 0 Å². The highest BCUT2D eigenvalue weighted by atomic mass is 32.2. The van der Waals surface area contributed by atoms with Crippen LogP contribution < -0.4 is 0 Å². The number of hydrogen-bond acceptors (Lipinski definition) is 3. The Morgan fingerprint density at radius 1 is 1.12 bits per heavy atom. The van der Waals surface area contributed by atoms with Crippen molar-refractivity contribution in [3.63, 3.8) is 0 Å². The maximum atomic E-state index is 4.59. The van der Waals surface area contributed by atoms with Crippen molar-refractivity contribution >= 4 is 11.8 Å². The fourth-order valence-corrected chi connectivity index (χ4v) is 2.28. The summed E-state index contributed by atoms with van der Waals surface area (Å²) in [6.07, 6.45) is 1.88. The summed E-state index contributed by atoms with van der Waals surface area (Å²) in [6.45, 7) is 6.28. The van der Waals surface area contributed by atoms with Gasteiger partial charge >= 0.3 is 0 Å². The number of hydrogen-bond donors (Lipinski definition) is 0. The monoisotopic (exact) mass is 244 g/mol. The van der Waals surface area contributed by atoms with Crippen LogP contribution in [0.5, 0.6) is 0 Å². The van der Waals surface area contributed by atoms with Gasteiger partial charge in [-0.3, -0.25) is 4.98 Å². The van der Waals surface area contributed by atoms with Gasteiger partial charge < -0.3 is 0 Å². The van der Waals surface area contributed by atoms with Gasteiger partial charge in [0.15, 0.2) is 0 Å². The van der Waals surface area contributed by atoms with E-state index < -0.39 is 0 Å². The van der Waals surface area contributed by atoms with Gasteiger partial charge in [-0.1, -0.05) is 43.8 Å². The molecule has 1 aromatic carbocycles. The van der Waals surface area contributed by atoms with E-state index in [9.17, 15) is 0 Å². The molecule has 0 amide bonds. The van der Waals surface area contributed by atoms with E-state index in [-0.39, 0.29) is 0 Å². The number of aromatic nitrogens is 2. The second kappa shape index (κ2) is 5.32. The van der Waals surface area contributed by atoms with Crippen molar-refractivity contribution in [3.05, 3.63) is 47.9 Å². The topological polar surface area (TPSA) is 25.8 Å². The molecule has 0 bridgehead atoms. The van der Waals surface area contributed by atoms with Gasteiger partial charge in [0.25, 0.3) is 0 Å². The normalized spacial score (nSPS) is 10.8. The summed E-state index contributed by atoms with van der Waals surface area (Å²) in [5, 5.41) is 0.987. The van der Waals surface area contributed by atoms with E-state index >= 15 is 0 Å². The van der Waals surface area contributed by atoms with Crippen LogP contribution >= 0.6 is 11.8 Å². The van der Waals surface area contributed by atoms with Gasteiger partial charge in [0, 0.05) is 4.90 Å². The van der Waals surface area contributed by atoms with Crippen molar-refractivity contribution < 1.29 is 0 Å². The third kappa shape index (κ3) is 3.07. The fraction of sp³-hybridized carbons (Fsp3) is 0.286. The lowest BCUT2D eigenvalue weighted by atomic mass is 10.1. The van der Waals surface area contributed by atoms with Crippen molar-refractivity contribution in [2.75, 3.05) is 0 Å². The summed E-state index contributed by atoms with van der Waals surface area (Å²) in [7, 11) is 0. The lowest BCUT2D eigenvalue weighted by molar-refractivity contribution is 0.785. The first kappa shape index (κ1) is 12.1. The summed E-state index contributed by atoms with van der Waals surface area (Å²) in [6, 6.07) is 10.3. The van der Waals surface area contributed by atoms with Crippen molar-refractivity contribution in [2.45, 2.75) is 36.6 Å². The van der Waals surface area contributed by atoms with Crippen LogP contribution in [-0.4, -0.2) is 9.97 Å². The van der Waals surface area contributed by atoms with E-state index in [1.54, 1.807) is 11.8 Å². The third-order valence-electron chi connectivity index (χ3n) is 2.47. The maximum Gasteiger partial charge on any atom is 0.122 e. The van der Waals surface area contributed by atoms with E-state index in [4.69, 9.17) is 0 Å². The number of aryl methyl sites for hydroxylation is 1. The van der Waals surface area contributed by atoms with Crippen molar-refractivity contribution in [2.24, 2.45) is 0 Å². The first-order valence-electron chi connectivity index (χ1n) is 5.73. The predicted octanol–water partition coefficient (Wildman–Crippen LogP) is 4.06. The second-order valence-corrected chi connectivity index (χ2v) is 5.32. The zero-order valence-corrected chi connectivity index (χ0v) is 11.2. The van der Waals surface area contributed by atoms with Crippen molar-refractivity contribution in [3.8, 4) is 0 Å². The Labute approximate surface area is 107 Å². The third-order valence-corrected chi connectivity index (χ3v) is 3.57. The lowest BCUT2D eigenvalue weighted by Crippen LogP contribution is -1.98. The van der Waals surface area contributed by atoms with Crippen LogP contribution in [0.3, 0.4) is 0 Å². The average molecular weight is 244 g/mol. The molecule has 0 aliphatic carbocycles. The molecule has 0 unspecified atom stereocenters. The summed E-state index contributed by atoms with van der Waals surface area (Å²) in [5.74, 6) is 0.428. The molecule has 1 heterocycles. The Bertz CT molecular complexity index is 495. The molecule has 2 rings (SSSR count). The predicted molar refractivity (Wildman–Crippen MR) is 71.4 cm³/mol. The molecule has 0 spiro atoms. The Kier molecular flexibility index (Phi) is 3.79. The molecule has 0 aliphatic heterocycles. The summed E-state index contributed by atoms with van der Waals surface area (Å²) in [4.78, 5) is 10.3. The Balaban J connectivity index is 2.23. The molecule has 2 aromatic rings. The minimum Gasteiger partial charge on any atom is -0.253 e. The summed E-state index contributed by atoms with van der Waals surface area (Å²) < 4.78 is 0. The van der Waals surface area contributed by atoms with Gasteiger partial charge in [-0.25, -0.2) is 4.98 Å². The van der Waals surface area contributed by atoms with E-state index in [1.807, 2.05) is 31.3 Å². The van der Waals surface area contributed by atoms with Gasteiger partial charge in [-0.2, -0.15) is 0 Å². The molecule has 0 radical (unpaired) electrons.